The number of nitrogens with zero attached hydrogens (tertiary/aromatic N) is 3. The average molecular weight is 376 g/mol. The predicted octanol–water partition coefficient (Wildman–Crippen LogP) is 4.08. The molecule has 28 heavy (non-hydrogen) atoms. The topological polar surface area (TPSA) is 72.1 Å². The van der Waals surface area contributed by atoms with Gasteiger partial charge < -0.3 is 19.4 Å². The number of aromatic nitrogens is 2. The molecule has 0 atom stereocenters. The molecule has 1 N–H and O–H groups in total. The Labute approximate surface area is 165 Å². The molecule has 0 spiro atoms. The van der Waals surface area contributed by atoms with Crippen molar-refractivity contribution in [2.75, 3.05) is 25.6 Å². The van der Waals surface area contributed by atoms with Gasteiger partial charge in [0.05, 0.1) is 36.7 Å². The van der Waals surface area contributed by atoms with E-state index in [1.54, 1.807) is 7.11 Å². The van der Waals surface area contributed by atoms with Gasteiger partial charge in [-0.15, -0.1) is 0 Å². The minimum absolute atomic E-state index is 0.589. The molecule has 0 aliphatic carbocycles. The van der Waals surface area contributed by atoms with Gasteiger partial charge in [-0.1, -0.05) is 12.1 Å². The average Bonchev–Trinajstić information content (AvgIpc) is 3.14. The summed E-state index contributed by atoms with van der Waals surface area (Å²) in [6, 6.07) is 17.7. The van der Waals surface area contributed by atoms with Crippen molar-refractivity contribution in [1.82, 2.24) is 9.55 Å². The lowest BCUT2D eigenvalue weighted by molar-refractivity contribution is 0.188. The van der Waals surface area contributed by atoms with Crippen LogP contribution < -0.4 is 10.1 Å². The van der Waals surface area contributed by atoms with Crippen molar-refractivity contribution in [3.63, 3.8) is 0 Å². The van der Waals surface area contributed by atoms with Crippen molar-refractivity contribution in [3.8, 4) is 23.1 Å². The molecule has 1 aromatic heterocycles. The summed E-state index contributed by atoms with van der Waals surface area (Å²) >= 11 is 0. The molecule has 3 rings (SSSR count). The third kappa shape index (κ3) is 4.70. The molecule has 3 aromatic rings. The third-order valence-electron chi connectivity index (χ3n) is 4.37. The van der Waals surface area contributed by atoms with Gasteiger partial charge in [-0.2, -0.15) is 5.26 Å². The number of imidazole rings is 1. The van der Waals surface area contributed by atoms with Gasteiger partial charge in [0.2, 0.25) is 5.95 Å². The van der Waals surface area contributed by atoms with E-state index in [1.165, 1.54) is 0 Å². The van der Waals surface area contributed by atoms with Crippen LogP contribution >= 0.6 is 0 Å². The maximum atomic E-state index is 8.91. The second-order valence-electron chi connectivity index (χ2n) is 6.23. The molecular formula is C22H24N4O2. The zero-order valence-electron chi connectivity index (χ0n) is 16.2. The van der Waals surface area contributed by atoms with Crippen molar-refractivity contribution >= 4 is 5.95 Å². The third-order valence-corrected chi connectivity index (χ3v) is 4.37. The van der Waals surface area contributed by atoms with Gasteiger partial charge >= 0.3 is 0 Å². The van der Waals surface area contributed by atoms with Crippen LogP contribution in [0.1, 0.15) is 18.1 Å². The zero-order chi connectivity index (χ0) is 19.8. The summed E-state index contributed by atoms with van der Waals surface area (Å²) in [5, 5.41) is 12.3. The quantitative estimate of drug-likeness (QED) is 0.609. The van der Waals surface area contributed by atoms with Crippen LogP contribution in [0.15, 0.2) is 54.7 Å². The Morgan fingerprint density at radius 2 is 1.86 bits per heavy atom. The van der Waals surface area contributed by atoms with Gasteiger partial charge in [0.15, 0.2) is 0 Å². The second kappa shape index (κ2) is 9.58. The summed E-state index contributed by atoms with van der Waals surface area (Å²) in [5.41, 5.74) is 3.83. The maximum Gasteiger partial charge on any atom is 0.203 e. The molecule has 0 bridgehead atoms. The highest BCUT2D eigenvalue weighted by atomic mass is 16.5. The van der Waals surface area contributed by atoms with E-state index in [-0.39, 0.29) is 0 Å². The summed E-state index contributed by atoms with van der Waals surface area (Å²) in [7, 11) is 1.69. The molecule has 0 saturated carbocycles. The summed E-state index contributed by atoms with van der Waals surface area (Å²) in [5.74, 6) is 1.64. The molecule has 0 unspecified atom stereocenters. The monoisotopic (exact) mass is 376 g/mol. The minimum atomic E-state index is 0.589. The van der Waals surface area contributed by atoms with E-state index in [9.17, 15) is 0 Å². The van der Waals surface area contributed by atoms with Crippen LogP contribution in [0.5, 0.6) is 5.75 Å². The van der Waals surface area contributed by atoms with E-state index in [2.05, 4.69) is 20.9 Å². The zero-order valence-corrected chi connectivity index (χ0v) is 16.2. The van der Waals surface area contributed by atoms with E-state index in [0.717, 1.165) is 28.5 Å². The Balaban J connectivity index is 1.79. The van der Waals surface area contributed by atoms with Gasteiger partial charge in [0.1, 0.15) is 5.75 Å². The molecule has 1 heterocycles. The fourth-order valence-corrected chi connectivity index (χ4v) is 2.92. The lowest BCUT2D eigenvalue weighted by Gasteiger charge is -2.13. The molecule has 0 amide bonds. The lowest BCUT2D eigenvalue weighted by Crippen LogP contribution is -2.11. The van der Waals surface area contributed by atoms with Crippen LogP contribution in [-0.2, 0) is 17.8 Å². The van der Waals surface area contributed by atoms with Crippen LogP contribution in [0, 0.1) is 11.3 Å². The SMILES string of the molecule is CCOc1ccc(-c2cnc(NCc3ccc(C#N)cc3)n2CCOC)cc1. The van der Waals surface area contributed by atoms with E-state index in [1.807, 2.05) is 61.7 Å². The van der Waals surface area contributed by atoms with Crippen molar-refractivity contribution < 1.29 is 9.47 Å². The summed E-state index contributed by atoms with van der Waals surface area (Å²) in [4.78, 5) is 4.57. The number of ether oxygens (including phenoxy) is 2. The number of nitrogens with one attached hydrogen (secondary N) is 1. The lowest BCUT2D eigenvalue weighted by atomic mass is 10.1. The van der Waals surface area contributed by atoms with Gasteiger partial charge in [0, 0.05) is 25.8 Å². The fourth-order valence-electron chi connectivity index (χ4n) is 2.92. The highest BCUT2D eigenvalue weighted by Crippen LogP contribution is 2.25. The first-order valence-corrected chi connectivity index (χ1v) is 9.25. The van der Waals surface area contributed by atoms with E-state index in [0.29, 0.717) is 31.9 Å². The van der Waals surface area contributed by atoms with Crippen LogP contribution in [0.25, 0.3) is 11.3 Å². The molecule has 144 valence electrons. The van der Waals surface area contributed by atoms with E-state index >= 15 is 0 Å². The van der Waals surface area contributed by atoms with Gasteiger partial charge in [-0.3, -0.25) is 0 Å². The molecule has 6 heteroatoms. The summed E-state index contributed by atoms with van der Waals surface area (Å²) < 4.78 is 12.9. The fraction of sp³-hybridized carbons (Fsp3) is 0.273. The molecule has 2 aromatic carbocycles. The van der Waals surface area contributed by atoms with Crippen molar-refractivity contribution in [2.45, 2.75) is 20.0 Å². The predicted molar refractivity (Wildman–Crippen MR) is 109 cm³/mol. The highest BCUT2D eigenvalue weighted by molar-refractivity contribution is 5.62. The maximum absolute atomic E-state index is 8.91. The number of anilines is 1. The van der Waals surface area contributed by atoms with Gasteiger partial charge in [0.25, 0.3) is 0 Å². The Morgan fingerprint density at radius 3 is 2.50 bits per heavy atom. The molecule has 0 saturated heterocycles. The number of hydrogen-bond acceptors (Lipinski definition) is 5. The van der Waals surface area contributed by atoms with Crippen LogP contribution in [0.3, 0.4) is 0 Å². The standard InChI is InChI=1S/C22H24N4O2/c1-3-28-20-10-8-19(9-11-20)21-16-25-22(26(21)12-13-27-2)24-15-18-6-4-17(14-23)5-7-18/h4-11,16H,3,12-13,15H2,1-2H3,(H,24,25). The van der Waals surface area contributed by atoms with Crippen molar-refractivity contribution in [3.05, 3.63) is 65.9 Å². The van der Waals surface area contributed by atoms with Crippen LogP contribution in [0.4, 0.5) is 5.95 Å². The smallest absolute Gasteiger partial charge is 0.203 e. The van der Waals surface area contributed by atoms with Crippen molar-refractivity contribution in [2.24, 2.45) is 0 Å². The highest BCUT2D eigenvalue weighted by Gasteiger charge is 2.12. The summed E-state index contributed by atoms with van der Waals surface area (Å²) in [6.45, 7) is 4.52. The van der Waals surface area contributed by atoms with Gasteiger partial charge in [-0.25, -0.2) is 4.98 Å². The first kappa shape index (κ1) is 19.5. The number of methoxy groups -OCH3 is 1. The number of hydrogen-bond donors (Lipinski definition) is 1. The number of rotatable bonds is 9. The van der Waals surface area contributed by atoms with Crippen LogP contribution in [0.2, 0.25) is 0 Å². The molecule has 6 nitrogen and oxygen atoms in total. The largest absolute Gasteiger partial charge is 0.494 e. The number of nitriles is 1. The van der Waals surface area contributed by atoms with E-state index in [4.69, 9.17) is 14.7 Å². The molecule has 0 radical (unpaired) electrons. The Kier molecular flexibility index (Phi) is 6.66. The minimum Gasteiger partial charge on any atom is -0.494 e. The molecule has 0 aliphatic rings. The van der Waals surface area contributed by atoms with Crippen LogP contribution in [-0.4, -0.2) is 29.9 Å². The Bertz CT molecular complexity index is 925. The first-order chi connectivity index (χ1) is 13.7. The molecular weight excluding hydrogens is 352 g/mol. The second-order valence-corrected chi connectivity index (χ2v) is 6.23. The molecule has 0 aliphatic heterocycles. The van der Waals surface area contributed by atoms with E-state index < -0.39 is 0 Å². The van der Waals surface area contributed by atoms with Crippen molar-refractivity contribution in [1.29, 1.82) is 5.26 Å². The summed E-state index contributed by atoms with van der Waals surface area (Å²) in [6.07, 6.45) is 1.87. The Hall–Kier alpha value is -3.30. The normalized spacial score (nSPS) is 10.5. The first-order valence-electron chi connectivity index (χ1n) is 9.25. The van der Waals surface area contributed by atoms with Gasteiger partial charge in [-0.05, 0) is 48.9 Å². The number of benzene rings is 2. The Morgan fingerprint density at radius 1 is 1.11 bits per heavy atom. The molecule has 0 fully saturated rings.